The fraction of sp³-hybridized carbons (Fsp3) is 0.667. The molecule has 0 aromatic heterocycles. The van der Waals surface area contributed by atoms with E-state index >= 15 is 0 Å². The van der Waals surface area contributed by atoms with Crippen LogP contribution in [-0.4, -0.2) is 33.9 Å². The van der Waals surface area contributed by atoms with E-state index in [0.29, 0.717) is 0 Å². The molecule has 3 nitrogen and oxygen atoms in total. The van der Waals surface area contributed by atoms with Crippen LogP contribution in [0.4, 0.5) is 0 Å². The Kier molecular flexibility index (Phi) is 13.9. The van der Waals surface area contributed by atoms with Crippen LogP contribution in [-0.2, 0) is 14.3 Å². The van der Waals surface area contributed by atoms with Crippen molar-refractivity contribution in [1.82, 2.24) is 0 Å². The Labute approximate surface area is 154 Å². The molecule has 23 heavy (non-hydrogen) atoms. The molecule has 0 unspecified atom stereocenters. The quantitative estimate of drug-likeness (QED) is 0.299. The molecule has 0 spiro atoms. The Hall–Kier alpha value is -0.273. The molecule has 0 atom stereocenters. The third-order valence-electron chi connectivity index (χ3n) is 3.77. The van der Waals surface area contributed by atoms with Gasteiger partial charge in [-0.25, -0.2) is 0 Å². The van der Waals surface area contributed by atoms with Crippen molar-refractivity contribution < 1.29 is 12.6 Å². The van der Waals surface area contributed by atoms with E-state index in [1.165, 1.54) is 51.4 Å². The molecule has 0 saturated carbocycles. The van der Waals surface area contributed by atoms with E-state index in [2.05, 4.69) is 6.92 Å². The van der Waals surface area contributed by atoms with Gasteiger partial charge in [0.25, 0.3) is 10.1 Å². The van der Waals surface area contributed by atoms with E-state index in [-0.39, 0.29) is 30.4 Å². The van der Waals surface area contributed by atoms with Gasteiger partial charge in [-0.1, -0.05) is 82.9 Å². The van der Waals surface area contributed by atoms with Gasteiger partial charge < -0.3 is 0 Å². The van der Waals surface area contributed by atoms with Gasteiger partial charge in [-0.2, -0.15) is 8.42 Å². The van der Waals surface area contributed by atoms with Crippen molar-refractivity contribution in [2.24, 2.45) is 0 Å². The fourth-order valence-corrected chi connectivity index (χ4v) is 3.38. The molecule has 0 aliphatic carbocycles. The monoisotopic (exact) mass is 334 g/mol. The van der Waals surface area contributed by atoms with Gasteiger partial charge in [0.05, 0.1) is 11.5 Å². The van der Waals surface area contributed by atoms with Crippen LogP contribution in [0.25, 0.3) is 0 Å². The molecular formula is C18H31LiO3S. The van der Waals surface area contributed by atoms with Crippen molar-refractivity contribution >= 4 is 29.0 Å². The molecule has 0 saturated heterocycles. The summed E-state index contributed by atoms with van der Waals surface area (Å²) in [6, 6.07) is 8.33. The second kappa shape index (κ2) is 14.1. The summed E-state index contributed by atoms with van der Waals surface area (Å²) in [5, 5.41) is 0. The Balaban J connectivity index is 0.00000484. The summed E-state index contributed by atoms with van der Waals surface area (Å²) in [5.41, 5.74) is 0. The van der Waals surface area contributed by atoms with Crippen LogP contribution in [0.2, 0.25) is 0 Å². The summed E-state index contributed by atoms with van der Waals surface area (Å²) < 4.78 is 28.8. The summed E-state index contributed by atoms with van der Waals surface area (Å²) in [6.07, 6.45) is 12.3. The van der Waals surface area contributed by atoms with Gasteiger partial charge in [-0.05, 0) is 18.6 Å². The number of rotatable bonds is 13. The summed E-state index contributed by atoms with van der Waals surface area (Å²) in [4.78, 5) is 0.238. The molecule has 0 amide bonds. The molecule has 1 aromatic carbocycles. The van der Waals surface area contributed by atoms with Crippen LogP contribution in [0.15, 0.2) is 35.2 Å². The van der Waals surface area contributed by atoms with E-state index in [4.69, 9.17) is 4.18 Å². The number of hydrogen-bond acceptors (Lipinski definition) is 3. The zero-order valence-electron chi connectivity index (χ0n) is 13.8. The van der Waals surface area contributed by atoms with Crippen LogP contribution >= 0.6 is 0 Å². The predicted octanol–water partition coefficient (Wildman–Crippen LogP) is 4.66. The SMILES string of the molecule is CCCCCCCCCCCCOS(=O)(=O)c1ccccc1.[LiH]. The van der Waals surface area contributed by atoms with Gasteiger partial charge in [0.2, 0.25) is 0 Å². The van der Waals surface area contributed by atoms with Crippen LogP contribution in [0.1, 0.15) is 71.1 Å². The van der Waals surface area contributed by atoms with Crippen LogP contribution in [0.3, 0.4) is 0 Å². The zero-order valence-corrected chi connectivity index (χ0v) is 14.6. The van der Waals surface area contributed by atoms with Crippen molar-refractivity contribution in [3.05, 3.63) is 30.3 Å². The van der Waals surface area contributed by atoms with Crippen molar-refractivity contribution in [2.75, 3.05) is 6.61 Å². The van der Waals surface area contributed by atoms with Crippen molar-refractivity contribution in [2.45, 2.75) is 76.0 Å². The standard InChI is InChI=1S/C18H30O3S.Li.H/c1-2-3-4-5-6-7-8-9-10-14-17-21-22(19,20)18-15-12-11-13-16-18;;/h11-13,15-16H,2-10,14,17H2,1H3;;. The first-order chi connectivity index (χ1) is 10.7. The molecule has 5 heteroatoms. The Morgan fingerprint density at radius 3 is 1.78 bits per heavy atom. The molecule has 0 aliphatic heterocycles. The van der Waals surface area contributed by atoms with Crippen molar-refractivity contribution in [3.8, 4) is 0 Å². The third kappa shape index (κ3) is 11.0. The summed E-state index contributed by atoms with van der Waals surface area (Å²) in [5.74, 6) is 0. The summed E-state index contributed by atoms with van der Waals surface area (Å²) >= 11 is 0. The first-order valence-corrected chi connectivity index (χ1v) is 10.0. The van der Waals surface area contributed by atoms with E-state index in [1.807, 2.05) is 0 Å². The summed E-state index contributed by atoms with van der Waals surface area (Å²) in [6.45, 7) is 2.52. The van der Waals surface area contributed by atoms with E-state index in [9.17, 15) is 8.42 Å². The number of unbranched alkanes of at least 4 members (excludes halogenated alkanes) is 9. The van der Waals surface area contributed by atoms with Gasteiger partial charge in [0.15, 0.2) is 0 Å². The first-order valence-electron chi connectivity index (χ1n) is 8.61. The molecule has 0 heterocycles. The van der Waals surface area contributed by atoms with E-state index < -0.39 is 10.1 Å². The Bertz CT molecular complexity index is 474. The molecule has 0 fully saturated rings. The fourth-order valence-electron chi connectivity index (χ4n) is 2.41. The third-order valence-corrected chi connectivity index (χ3v) is 5.09. The van der Waals surface area contributed by atoms with Gasteiger partial charge in [0.1, 0.15) is 0 Å². The molecule has 0 bridgehead atoms. The van der Waals surface area contributed by atoms with Crippen LogP contribution in [0.5, 0.6) is 0 Å². The molecule has 1 aromatic rings. The molecule has 1 rings (SSSR count). The minimum absolute atomic E-state index is 0. The molecular weight excluding hydrogens is 303 g/mol. The Morgan fingerprint density at radius 2 is 1.26 bits per heavy atom. The minimum atomic E-state index is -3.57. The number of hydrogen-bond donors (Lipinski definition) is 0. The predicted molar refractivity (Wildman–Crippen MR) is 98.6 cm³/mol. The van der Waals surface area contributed by atoms with E-state index in [0.717, 1.165) is 12.8 Å². The second-order valence-corrected chi connectivity index (χ2v) is 7.39. The Morgan fingerprint density at radius 1 is 0.783 bits per heavy atom. The zero-order chi connectivity index (χ0) is 16.1. The topological polar surface area (TPSA) is 43.4 Å². The molecule has 0 radical (unpaired) electrons. The molecule has 0 aliphatic rings. The van der Waals surface area contributed by atoms with Gasteiger partial charge in [-0.15, -0.1) is 0 Å². The van der Waals surface area contributed by atoms with Crippen LogP contribution < -0.4 is 0 Å². The van der Waals surface area contributed by atoms with Gasteiger partial charge >= 0.3 is 18.9 Å². The molecule has 128 valence electrons. The van der Waals surface area contributed by atoms with Crippen molar-refractivity contribution in [3.63, 3.8) is 0 Å². The van der Waals surface area contributed by atoms with Crippen LogP contribution in [0, 0.1) is 0 Å². The first kappa shape index (κ1) is 22.7. The summed E-state index contributed by atoms with van der Waals surface area (Å²) in [7, 11) is -3.57. The average molecular weight is 334 g/mol. The van der Waals surface area contributed by atoms with Gasteiger partial charge in [0, 0.05) is 0 Å². The van der Waals surface area contributed by atoms with Crippen molar-refractivity contribution in [1.29, 1.82) is 0 Å². The van der Waals surface area contributed by atoms with E-state index in [1.54, 1.807) is 30.3 Å². The maximum absolute atomic E-state index is 11.9. The normalized spacial score (nSPS) is 11.2. The van der Waals surface area contributed by atoms with Gasteiger partial charge in [-0.3, -0.25) is 4.18 Å². The maximum atomic E-state index is 11.9. The average Bonchev–Trinajstić information content (AvgIpc) is 2.53. The molecule has 0 N–H and O–H groups in total. The number of benzene rings is 1. The second-order valence-electron chi connectivity index (χ2n) is 5.77.